The average Bonchev–Trinajstić information content (AvgIpc) is 3.00. The second kappa shape index (κ2) is 9.51. The van der Waals surface area contributed by atoms with Gasteiger partial charge in [0, 0.05) is 45.3 Å². The van der Waals surface area contributed by atoms with Crippen LogP contribution in [-0.4, -0.2) is 91.0 Å². The van der Waals surface area contributed by atoms with Crippen molar-refractivity contribution in [2.75, 3.05) is 39.8 Å². The minimum atomic E-state index is -0.486. The van der Waals surface area contributed by atoms with Crippen molar-refractivity contribution in [3.05, 3.63) is 0 Å². The molecule has 1 amide bonds. The minimum absolute atomic E-state index is 0.0177. The van der Waals surface area contributed by atoms with Gasteiger partial charge in [-0.3, -0.25) is 9.89 Å². The van der Waals surface area contributed by atoms with E-state index in [9.17, 15) is 4.79 Å². The summed E-state index contributed by atoms with van der Waals surface area (Å²) in [7, 11) is 1.81. The summed E-state index contributed by atoms with van der Waals surface area (Å²) in [5.74, 6) is 0.876. The van der Waals surface area contributed by atoms with E-state index < -0.39 is 5.60 Å². The summed E-state index contributed by atoms with van der Waals surface area (Å²) in [6, 6.07) is 0.0670. The van der Waals surface area contributed by atoms with Crippen LogP contribution in [0.15, 0.2) is 4.99 Å². The number of rotatable bonds is 4. The van der Waals surface area contributed by atoms with E-state index in [0.29, 0.717) is 0 Å². The van der Waals surface area contributed by atoms with Crippen molar-refractivity contribution in [2.24, 2.45) is 4.99 Å². The number of carbonyl (C=O) groups is 1. The second-order valence-electron chi connectivity index (χ2n) is 9.95. The number of guanidine groups is 1. The third kappa shape index (κ3) is 7.33. The van der Waals surface area contributed by atoms with E-state index in [4.69, 9.17) is 9.47 Å². The molecular weight excluding hydrogens is 370 g/mol. The van der Waals surface area contributed by atoms with Crippen molar-refractivity contribution in [2.45, 2.75) is 84.3 Å². The highest BCUT2D eigenvalue weighted by molar-refractivity contribution is 5.80. The number of likely N-dealkylation sites (tertiary alicyclic amines) is 1. The zero-order chi connectivity index (χ0) is 21.8. The molecule has 2 fully saturated rings. The molecule has 0 bridgehead atoms. The van der Waals surface area contributed by atoms with Gasteiger partial charge in [-0.1, -0.05) is 0 Å². The van der Waals surface area contributed by atoms with Gasteiger partial charge in [0.2, 0.25) is 0 Å². The number of hydrogen-bond acceptors (Lipinski definition) is 5. The molecule has 0 aliphatic carbocycles. The molecule has 0 spiro atoms. The normalized spacial score (nSPS) is 27.1. The molecule has 3 unspecified atom stereocenters. The number of nitrogens with one attached hydrogen (secondary N) is 2. The van der Waals surface area contributed by atoms with E-state index >= 15 is 0 Å². The molecule has 2 saturated heterocycles. The highest BCUT2D eigenvalue weighted by Crippen LogP contribution is 2.21. The molecule has 2 rings (SSSR count). The minimum Gasteiger partial charge on any atom is -0.444 e. The molecule has 168 valence electrons. The van der Waals surface area contributed by atoms with Crippen LogP contribution in [0.1, 0.15) is 54.9 Å². The molecule has 29 heavy (non-hydrogen) atoms. The Hall–Kier alpha value is -1.54. The lowest BCUT2D eigenvalue weighted by Crippen LogP contribution is -2.59. The van der Waals surface area contributed by atoms with E-state index in [1.54, 1.807) is 0 Å². The summed E-state index contributed by atoms with van der Waals surface area (Å²) in [5.41, 5.74) is -0.504. The molecule has 2 N–H and O–H groups in total. The van der Waals surface area contributed by atoms with Crippen LogP contribution < -0.4 is 10.6 Å². The van der Waals surface area contributed by atoms with Gasteiger partial charge in [0.05, 0.1) is 18.2 Å². The zero-order valence-electron chi connectivity index (χ0n) is 19.5. The number of alkyl carbamates (subject to hydrolysis) is 1. The van der Waals surface area contributed by atoms with Crippen molar-refractivity contribution in [3.63, 3.8) is 0 Å². The first-order valence-corrected chi connectivity index (χ1v) is 10.8. The van der Waals surface area contributed by atoms with E-state index in [0.717, 1.165) is 45.1 Å². The summed E-state index contributed by atoms with van der Waals surface area (Å²) in [6.07, 6.45) is 1.01. The van der Waals surface area contributed by atoms with Crippen molar-refractivity contribution in [1.29, 1.82) is 0 Å². The summed E-state index contributed by atoms with van der Waals surface area (Å²) >= 11 is 0. The maximum absolute atomic E-state index is 12.0. The molecule has 8 nitrogen and oxygen atoms in total. The third-order valence-corrected chi connectivity index (χ3v) is 5.38. The van der Waals surface area contributed by atoms with Crippen LogP contribution >= 0.6 is 0 Å². The van der Waals surface area contributed by atoms with Gasteiger partial charge >= 0.3 is 6.09 Å². The predicted molar refractivity (Wildman–Crippen MR) is 116 cm³/mol. The number of carbonyl (C=O) groups excluding carboxylic acids is 1. The Morgan fingerprint density at radius 2 is 1.76 bits per heavy atom. The van der Waals surface area contributed by atoms with Crippen LogP contribution in [0.3, 0.4) is 0 Å². The number of nitrogens with zero attached hydrogens (tertiary/aromatic N) is 3. The molecule has 3 atom stereocenters. The number of aliphatic imine (C=N–C) groups is 1. The van der Waals surface area contributed by atoms with Crippen LogP contribution in [0.5, 0.6) is 0 Å². The molecule has 0 saturated carbocycles. The van der Waals surface area contributed by atoms with Crippen LogP contribution in [0, 0.1) is 0 Å². The molecule has 2 aliphatic rings. The van der Waals surface area contributed by atoms with Gasteiger partial charge in [-0.15, -0.1) is 0 Å². The van der Waals surface area contributed by atoms with Crippen LogP contribution in [-0.2, 0) is 9.47 Å². The number of morpholine rings is 1. The Morgan fingerprint density at radius 3 is 2.31 bits per heavy atom. The predicted octanol–water partition coefficient (Wildman–Crippen LogP) is 2.05. The largest absolute Gasteiger partial charge is 0.444 e. The van der Waals surface area contributed by atoms with E-state index in [-0.39, 0.29) is 29.9 Å². The average molecular weight is 412 g/mol. The first-order valence-electron chi connectivity index (χ1n) is 10.8. The van der Waals surface area contributed by atoms with Gasteiger partial charge in [-0.25, -0.2) is 4.79 Å². The Labute approximate surface area is 176 Å². The highest BCUT2D eigenvalue weighted by atomic mass is 16.6. The lowest BCUT2D eigenvalue weighted by atomic mass is 10.00. The van der Waals surface area contributed by atoms with Crippen molar-refractivity contribution in [1.82, 2.24) is 20.4 Å². The Balaban J connectivity index is 1.85. The van der Waals surface area contributed by atoms with E-state index in [2.05, 4.69) is 53.1 Å². The van der Waals surface area contributed by atoms with Gasteiger partial charge in [-0.05, 0) is 54.9 Å². The molecule has 0 aromatic carbocycles. The molecule has 0 radical (unpaired) electrons. The first kappa shape index (κ1) is 23.7. The van der Waals surface area contributed by atoms with Gasteiger partial charge in [-0.2, -0.15) is 0 Å². The first-order chi connectivity index (χ1) is 13.4. The molecule has 8 heteroatoms. The summed E-state index contributed by atoms with van der Waals surface area (Å²) < 4.78 is 11.2. The Bertz CT molecular complexity index is 577. The number of ether oxygens (including phenoxy) is 2. The summed E-state index contributed by atoms with van der Waals surface area (Å²) in [6.45, 7) is 18.6. The van der Waals surface area contributed by atoms with Gasteiger partial charge < -0.3 is 25.0 Å². The third-order valence-electron chi connectivity index (χ3n) is 5.38. The summed E-state index contributed by atoms with van der Waals surface area (Å²) in [5, 5.41) is 6.51. The van der Waals surface area contributed by atoms with Crippen molar-refractivity contribution in [3.8, 4) is 0 Å². The zero-order valence-corrected chi connectivity index (χ0v) is 19.5. The Morgan fingerprint density at radius 1 is 1.14 bits per heavy atom. The number of amides is 1. The van der Waals surface area contributed by atoms with Crippen LogP contribution in [0.25, 0.3) is 0 Å². The second-order valence-corrected chi connectivity index (χ2v) is 9.95. The monoisotopic (exact) mass is 411 g/mol. The summed E-state index contributed by atoms with van der Waals surface area (Å²) in [4.78, 5) is 21.2. The van der Waals surface area contributed by atoms with Gasteiger partial charge in [0.25, 0.3) is 0 Å². The lowest BCUT2D eigenvalue weighted by molar-refractivity contribution is -0.0947. The van der Waals surface area contributed by atoms with Gasteiger partial charge in [0.15, 0.2) is 5.96 Å². The fraction of sp³-hybridized carbons (Fsp3) is 0.905. The highest BCUT2D eigenvalue weighted by Gasteiger charge is 2.34. The van der Waals surface area contributed by atoms with E-state index in [1.165, 1.54) is 0 Å². The van der Waals surface area contributed by atoms with Crippen molar-refractivity contribution < 1.29 is 14.3 Å². The number of hydrogen-bond donors (Lipinski definition) is 2. The van der Waals surface area contributed by atoms with E-state index in [1.807, 2.05) is 27.8 Å². The van der Waals surface area contributed by atoms with Crippen LogP contribution in [0.2, 0.25) is 0 Å². The molecule has 2 aliphatic heterocycles. The smallest absolute Gasteiger partial charge is 0.407 e. The fourth-order valence-corrected chi connectivity index (χ4v) is 3.96. The molecule has 0 aromatic heterocycles. The molecule has 2 heterocycles. The van der Waals surface area contributed by atoms with Gasteiger partial charge in [0.1, 0.15) is 5.60 Å². The molecular formula is C21H41N5O3. The molecule has 0 aromatic rings. The standard InChI is InChI=1S/C21H41N5O3/c1-15-11-26(12-16(2)28-15)21(6,7)14-23-18(22-8)25-10-9-17(13-25)24-19(27)29-20(3,4)5/h15-17H,9-14H2,1-8H3,(H,22,23)(H,24,27). The SMILES string of the molecule is CN=C(NCC(C)(C)N1CC(C)OC(C)C1)N1CCC(NC(=O)OC(C)(C)C)C1. The quantitative estimate of drug-likeness (QED) is 0.545. The topological polar surface area (TPSA) is 78.4 Å². The lowest BCUT2D eigenvalue weighted by Gasteiger charge is -2.45. The van der Waals surface area contributed by atoms with Crippen molar-refractivity contribution >= 4 is 12.1 Å². The van der Waals surface area contributed by atoms with Crippen LogP contribution in [0.4, 0.5) is 4.79 Å². The fourth-order valence-electron chi connectivity index (χ4n) is 3.96. The maximum Gasteiger partial charge on any atom is 0.407 e. The Kier molecular flexibility index (Phi) is 7.79. The maximum atomic E-state index is 12.0.